The number of alkyl halides is 3. The molecule has 1 saturated heterocycles. The Hall–Kier alpha value is -2.35. The van der Waals surface area contributed by atoms with Crippen LogP contribution in [0.25, 0.3) is 11.3 Å². The quantitative estimate of drug-likeness (QED) is 0.834. The van der Waals surface area contributed by atoms with E-state index in [0.29, 0.717) is 28.9 Å². The van der Waals surface area contributed by atoms with Crippen LogP contribution in [-0.4, -0.2) is 51.9 Å². The van der Waals surface area contributed by atoms with Crippen LogP contribution in [0, 0.1) is 6.92 Å². The molecule has 0 radical (unpaired) electrons. The lowest BCUT2D eigenvalue weighted by molar-refractivity contribution is -0.137. The molecule has 0 amide bonds. The summed E-state index contributed by atoms with van der Waals surface area (Å²) in [7, 11) is 0. The third-order valence-electron chi connectivity index (χ3n) is 6.01. The Labute approximate surface area is 168 Å². The number of nitrogens with zero attached hydrogens (tertiary/aromatic N) is 4. The average molecular weight is 406 g/mol. The molecule has 156 valence electrons. The number of aromatic hydroxyl groups is 1. The van der Waals surface area contributed by atoms with Crippen LogP contribution in [-0.2, 0) is 12.6 Å². The van der Waals surface area contributed by atoms with Crippen LogP contribution in [0.15, 0.2) is 18.2 Å². The maximum atomic E-state index is 13.0. The van der Waals surface area contributed by atoms with E-state index in [4.69, 9.17) is 0 Å². The van der Waals surface area contributed by atoms with Gasteiger partial charge in [0.05, 0.1) is 11.3 Å². The molecule has 1 atom stereocenters. The van der Waals surface area contributed by atoms with E-state index in [9.17, 15) is 18.3 Å². The number of phenolic OH excluding ortho intramolecular Hbond substituents is 1. The zero-order valence-corrected chi connectivity index (χ0v) is 16.8. The Morgan fingerprint density at radius 1 is 1.14 bits per heavy atom. The summed E-state index contributed by atoms with van der Waals surface area (Å²) >= 11 is 0. The summed E-state index contributed by atoms with van der Waals surface area (Å²) in [4.78, 5) is 4.75. The number of benzene rings is 1. The van der Waals surface area contributed by atoms with Gasteiger partial charge in [-0.05, 0) is 57.4 Å². The minimum Gasteiger partial charge on any atom is -0.507 e. The van der Waals surface area contributed by atoms with Crippen molar-refractivity contribution in [3.8, 4) is 17.0 Å². The van der Waals surface area contributed by atoms with Gasteiger partial charge in [-0.1, -0.05) is 0 Å². The van der Waals surface area contributed by atoms with Crippen LogP contribution in [0.4, 0.5) is 19.0 Å². The van der Waals surface area contributed by atoms with E-state index in [1.54, 1.807) is 6.92 Å². The first-order valence-electron chi connectivity index (χ1n) is 9.93. The van der Waals surface area contributed by atoms with Crippen molar-refractivity contribution in [3.63, 3.8) is 0 Å². The molecule has 2 aromatic rings. The second kappa shape index (κ2) is 7.16. The minimum absolute atomic E-state index is 0.304. The van der Waals surface area contributed by atoms with Gasteiger partial charge in [-0.3, -0.25) is 4.90 Å². The fraction of sp³-hybridized carbons (Fsp3) is 0.524. The fourth-order valence-electron chi connectivity index (χ4n) is 4.43. The van der Waals surface area contributed by atoms with E-state index in [-0.39, 0.29) is 0 Å². The summed E-state index contributed by atoms with van der Waals surface area (Å²) in [6, 6.07) is 4.56. The van der Waals surface area contributed by atoms with Crippen molar-refractivity contribution in [1.82, 2.24) is 15.1 Å². The molecule has 1 fully saturated rings. The van der Waals surface area contributed by atoms with Crippen LogP contribution in [0.3, 0.4) is 0 Å². The number of fused-ring (bicyclic) bond motifs is 1. The molecule has 3 heterocycles. The molecule has 4 rings (SSSR count). The molecule has 8 heteroatoms. The van der Waals surface area contributed by atoms with Gasteiger partial charge in [-0.15, -0.1) is 10.2 Å². The van der Waals surface area contributed by atoms with Gasteiger partial charge in [0.2, 0.25) is 0 Å². The number of hydrogen-bond donors (Lipinski definition) is 1. The monoisotopic (exact) mass is 406 g/mol. The first-order chi connectivity index (χ1) is 13.6. The topological polar surface area (TPSA) is 52.5 Å². The largest absolute Gasteiger partial charge is 0.507 e. The molecule has 0 bridgehead atoms. The smallest absolute Gasteiger partial charge is 0.416 e. The fourth-order valence-corrected chi connectivity index (χ4v) is 4.43. The Bertz CT molecular complexity index is 906. The lowest BCUT2D eigenvalue weighted by atomic mass is 9.99. The number of likely N-dealkylation sites (tertiary alicyclic amines) is 1. The lowest BCUT2D eigenvalue weighted by Crippen LogP contribution is -2.38. The molecule has 2 aliphatic rings. The maximum absolute atomic E-state index is 13.0. The number of halogens is 3. The van der Waals surface area contributed by atoms with Gasteiger partial charge in [0.25, 0.3) is 0 Å². The molecule has 1 aromatic heterocycles. The van der Waals surface area contributed by atoms with Gasteiger partial charge in [0, 0.05) is 42.8 Å². The standard InChI is InChI=1S/C21H25F3N4O/c1-12(2)27-6-5-16(11-27)28-7-4-14-9-17(25-26-20(14)28)19-13(3)8-15(10-18(19)29)21(22,23)24/h8-10,12,16,29H,4-7,11H2,1-3H3. The van der Waals surface area contributed by atoms with E-state index >= 15 is 0 Å². The number of aromatic nitrogens is 2. The first-order valence-corrected chi connectivity index (χ1v) is 9.93. The van der Waals surface area contributed by atoms with Crippen LogP contribution < -0.4 is 4.90 Å². The molecule has 5 nitrogen and oxygen atoms in total. The van der Waals surface area contributed by atoms with E-state index < -0.39 is 17.5 Å². The molecule has 1 aromatic carbocycles. The zero-order valence-electron chi connectivity index (χ0n) is 16.8. The van der Waals surface area contributed by atoms with Gasteiger partial charge < -0.3 is 10.0 Å². The molecule has 29 heavy (non-hydrogen) atoms. The molecule has 0 spiro atoms. The molecule has 1 N–H and O–H groups in total. The van der Waals surface area contributed by atoms with Crippen molar-refractivity contribution >= 4 is 5.82 Å². The summed E-state index contributed by atoms with van der Waals surface area (Å²) in [6.45, 7) is 8.88. The highest BCUT2D eigenvalue weighted by atomic mass is 19.4. The predicted octanol–water partition coefficient (Wildman–Crippen LogP) is 4.02. The van der Waals surface area contributed by atoms with Crippen molar-refractivity contribution in [2.75, 3.05) is 24.5 Å². The van der Waals surface area contributed by atoms with E-state index in [0.717, 1.165) is 56.0 Å². The third kappa shape index (κ3) is 3.66. The molecular formula is C21H25F3N4O. The van der Waals surface area contributed by atoms with Crippen molar-refractivity contribution in [2.45, 2.75) is 51.9 Å². The lowest BCUT2D eigenvalue weighted by Gasteiger charge is -2.27. The van der Waals surface area contributed by atoms with Crippen LogP contribution in [0.5, 0.6) is 5.75 Å². The van der Waals surface area contributed by atoms with Gasteiger partial charge >= 0.3 is 6.18 Å². The highest BCUT2D eigenvalue weighted by Crippen LogP contribution is 2.40. The molecular weight excluding hydrogens is 381 g/mol. The Morgan fingerprint density at radius 3 is 2.52 bits per heavy atom. The summed E-state index contributed by atoms with van der Waals surface area (Å²) in [5.74, 6) is 0.429. The van der Waals surface area contributed by atoms with Gasteiger partial charge in [0.15, 0.2) is 5.82 Å². The van der Waals surface area contributed by atoms with Crippen molar-refractivity contribution in [3.05, 3.63) is 34.9 Å². The Kier molecular flexibility index (Phi) is 4.93. The van der Waals surface area contributed by atoms with Crippen LogP contribution in [0.1, 0.15) is 37.0 Å². The Morgan fingerprint density at radius 2 is 1.90 bits per heavy atom. The van der Waals surface area contributed by atoms with Crippen LogP contribution >= 0.6 is 0 Å². The van der Waals surface area contributed by atoms with Crippen molar-refractivity contribution < 1.29 is 18.3 Å². The molecule has 2 aliphatic heterocycles. The predicted molar refractivity (Wildman–Crippen MR) is 105 cm³/mol. The second-order valence-corrected chi connectivity index (χ2v) is 8.24. The summed E-state index contributed by atoms with van der Waals surface area (Å²) < 4.78 is 38.9. The number of hydrogen-bond acceptors (Lipinski definition) is 5. The second-order valence-electron chi connectivity index (χ2n) is 8.24. The van der Waals surface area contributed by atoms with Crippen LogP contribution in [0.2, 0.25) is 0 Å². The van der Waals surface area contributed by atoms with E-state index in [1.807, 2.05) is 6.07 Å². The number of phenols is 1. The Balaban J connectivity index is 1.62. The summed E-state index contributed by atoms with van der Waals surface area (Å²) in [5, 5.41) is 18.9. The summed E-state index contributed by atoms with van der Waals surface area (Å²) in [6.07, 6.45) is -2.60. The van der Waals surface area contributed by atoms with Gasteiger partial charge in [-0.2, -0.15) is 13.2 Å². The number of rotatable bonds is 3. The number of anilines is 1. The normalized spacial score (nSPS) is 20.0. The number of aryl methyl sites for hydroxylation is 1. The average Bonchev–Trinajstić information content (AvgIpc) is 3.26. The maximum Gasteiger partial charge on any atom is 0.416 e. The summed E-state index contributed by atoms with van der Waals surface area (Å²) in [5.41, 5.74) is 1.19. The van der Waals surface area contributed by atoms with E-state index in [2.05, 4.69) is 33.8 Å². The minimum atomic E-state index is -4.50. The van der Waals surface area contributed by atoms with Gasteiger partial charge in [-0.25, -0.2) is 0 Å². The van der Waals surface area contributed by atoms with Crippen molar-refractivity contribution in [2.24, 2.45) is 0 Å². The van der Waals surface area contributed by atoms with Crippen molar-refractivity contribution in [1.29, 1.82) is 0 Å². The molecule has 1 unspecified atom stereocenters. The third-order valence-corrected chi connectivity index (χ3v) is 6.01. The van der Waals surface area contributed by atoms with E-state index in [1.165, 1.54) is 0 Å². The molecule has 0 saturated carbocycles. The first kappa shape index (κ1) is 19.9. The molecule has 0 aliphatic carbocycles. The zero-order chi connectivity index (χ0) is 20.9. The highest BCUT2D eigenvalue weighted by molar-refractivity contribution is 5.73. The van der Waals surface area contributed by atoms with Gasteiger partial charge in [0.1, 0.15) is 5.75 Å². The SMILES string of the molecule is Cc1cc(C(F)(F)F)cc(O)c1-c1cc2c(nn1)N(C1CCN(C(C)C)C1)CC2. The highest BCUT2D eigenvalue weighted by Gasteiger charge is 2.35.